The SMILES string of the molecule is C/C(C=NNC(=O)Cc1cccn1C)=C/c1ccco1. The standard InChI is InChI=1S/C15H17N3O2/c1-12(9-14-6-4-8-20-14)11-16-17-15(19)10-13-5-3-7-18(13)2/h3-9,11H,10H2,1-2H3,(H,17,19)/b12-9-,16-11?. The van der Waals surface area contributed by atoms with Crippen LogP contribution in [-0.2, 0) is 18.3 Å². The highest BCUT2D eigenvalue weighted by molar-refractivity contribution is 5.86. The Morgan fingerprint density at radius 2 is 2.30 bits per heavy atom. The first kappa shape index (κ1) is 13.9. The van der Waals surface area contributed by atoms with Crippen LogP contribution in [0.25, 0.3) is 6.08 Å². The number of hydrogen-bond acceptors (Lipinski definition) is 3. The molecule has 0 atom stereocenters. The molecular formula is C15H17N3O2. The van der Waals surface area contributed by atoms with Crippen molar-refractivity contribution in [2.45, 2.75) is 13.3 Å². The number of carbonyl (C=O) groups is 1. The third-order valence-corrected chi connectivity index (χ3v) is 2.76. The molecule has 5 heteroatoms. The van der Waals surface area contributed by atoms with E-state index in [1.54, 1.807) is 12.5 Å². The third kappa shape index (κ3) is 3.98. The van der Waals surface area contributed by atoms with Crippen molar-refractivity contribution < 1.29 is 9.21 Å². The Morgan fingerprint density at radius 1 is 1.45 bits per heavy atom. The lowest BCUT2D eigenvalue weighted by atomic mass is 10.3. The van der Waals surface area contributed by atoms with Gasteiger partial charge in [-0.2, -0.15) is 5.10 Å². The van der Waals surface area contributed by atoms with Crippen molar-refractivity contribution in [2.75, 3.05) is 0 Å². The fourth-order valence-corrected chi connectivity index (χ4v) is 1.73. The molecule has 1 N–H and O–H groups in total. The molecule has 2 aromatic rings. The van der Waals surface area contributed by atoms with Gasteiger partial charge in [-0.15, -0.1) is 0 Å². The van der Waals surface area contributed by atoms with Crippen molar-refractivity contribution >= 4 is 18.2 Å². The first-order valence-electron chi connectivity index (χ1n) is 6.29. The van der Waals surface area contributed by atoms with E-state index in [1.807, 2.05) is 55.1 Å². The first-order valence-corrected chi connectivity index (χ1v) is 6.29. The molecule has 0 saturated carbocycles. The molecular weight excluding hydrogens is 254 g/mol. The molecule has 2 rings (SSSR count). The minimum atomic E-state index is -0.145. The van der Waals surface area contributed by atoms with Crippen LogP contribution in [0.15, 0.2) is 51.8 Å². The van der Waals surface area contributed by atoms with Gasteiger partial charge in [-0.25, -0.2) is 5.43 Å². The molecule has 104 valence electrons. The maximum absolute atomic E-state index is 11.7. The molecule has 0 bridgehead atoms. The number of rotatable bonds is 5. The highest BCUT2D eigenvalue weighted by Crippen LogP contribution is 2.05. The normalized spacial score (nSPS) is 12.0. The van der Waals surface area contributed by atoms with Gasteiger partial charge in [0.25, 0.3) is 0 Å². The fraction of sp³-hybridized carbons (Fsp3) is 0.200. The van der Waals surface area contributed by atoms with Gasteiger partial charge in [-0.1, -0.05) is 0 Å². The van der Waals surface area contributed by atoms with E-state index in [1.165, 1.54) is 0 Å². The summed E-state index contributed by atoms with van der Waals surface area (Å²) in [6.45, 7) is 1.88. The average Bonchev–Trinajstić information content (AvgIpc) is 3.02. The van der Waals surface area contributed by atoms with Gasteiger partial charge in [-0.05, 0) is 42.8 Å². The van der Waals surface area contributed by atoms with Gasteiger partial charge in [-0.3, -0.25) is 4.79 Å². The van der Waals surface area contributed by atoms with E-state index in [2.05, 4.69) is 10.5 Å². The zero-order valence-electron chi connectivity index (χ0n) is 11.5. The lowest BCUT2D eigenvalue weighted by molar-refractivity contribution is -0.120. The number of aromatic nitrogens is 1. The van der Waals surface area contributed by atoms with Gasteiger partial charge in [0.05, 0.1) is 18.9 Å². The lowest BCUT2D eigenvalue weighted by Gasteiger charge is -2.01. The van der Waals surface area contributed by atoms with E-state index in [9.17, 15) is 4.79 Å². The van der Waals surface area contributed by atoms with Crippen molar-refractivity contribution in [3.05, 3.63) is 53.8 Å². The third-order valence-electron chi connectivity index (χ3n) is 2.76. The summed E-state index contributed by atoms with van der Waals surface area (Å²) in [4.78, 5) is 11.7. The van der Waals surface area contributed by atoms with Gasteiger partial charge in [0.1, 0.15) is 5.76 Å². The molecule has 0 aromatic carbocycles. The minimum Gasteiger partial charge on any atom is -0.465 e. The predicted octanol–water partition coefficient (Wildman–Crippen LogP) is 2.37. The van der Waals surface area contributed by atoms with Gasteiger partial charge in [0, 0.05) is 18.9 Å². The van der Waals surface area contributed by atoms with Crippen LogP contribution in [-0.4, -0.2) is 16.7 Å². The number of amides is 1. The van der Waals surface area contributed by atoms with Gasteiger partial charge in [0.2, 0.25) is 5.91 Å². The fourth-order valence-electron chi connectivity index (χ4n) is 1.73. The van der Waals surface area contributed by atoms with Gasteiger partial charge < -0.3 is 8.98 Å². The Morgan fingerprint density at radius 3 is 2.95 bits per heavy atom. The van der Waals surface area contributed by atoms with E-state index >= 15 is 0 Å². The molecule has 0 aliphatic carbocycles. The molecule has 1 amide bonds. The Hall–Kier alpha value is -2.56. The zero-order chi connectivity index (χ0) is 14.4. The Labute approximate surface area is 117 Å². The minimum absolute atomic E-state index is 0.145. The molecule has 2 aromatic heterocycles. The largest absolute Gasteiger partial charge is 0.465 e. The molecule has 0 radical (unpaired) electrons. The monoisotopic (exact) mass is 271 g/mol. The number of hydrogen-bond donors (Lipinski definition) is 1. The highest BCUT2D eigenvalue weighted by atomic mass is 16.3. The number of furan rings is 1. The highest BCUT2D eigenvalue weighted by Gasteiger charge is 2.04. The molecule has 0 aliphatic rings. The second-order valence-corrected chi connectivity index (χ2v) is 4.48. The molecule has 0 saturated heterocycles. The van der Waals surface area contributed by atoms with Crippen molar-refractivity contribution in [1.82, 2.24) is 9.99 Å². The van der Waals surface area contributed by atoms with Crippen LogP contribution < -0.4 is 5.43 Å². The Bertz CT molecular complexity index is 621. The van der Waals surface area contributed by atoms with E-state index in [0.717, 1.165) is 17.0 Å². The van der Waals surface area contributed by atoms with Crippen LogP contribution in [0.4, 0.5) is 0 Å². The molecule has 0 aliphatic heterocycles. The summed E-state index contributed by atoms with van der Waals surface area (Å²) in [7, 11) is 1.90. The van der Waals surface area contributed by atoms with E-state index in [4.69, 9.17) is 4.42 Å². The topological polar surface area (TPSA) is 59.5 Å². The van der Waals surface area contributed by atoms with Crippen LogP contribution in [0.5, 0.6) is 0 Å². The molecule has 5 nitrogen and oxygen atoms in total. The van der Waals surface area contributed by atoms with Crippen molar-refractivity contribution in [1.29, 1.82) is 0 Å². The summed E-state index contributed by atoms with van der Waals surface area (Å²) in [5, 5.41) is 3.92. The van der Waals surface area contributed by atoms with Crippen molar-refractivity contribution in [3.8, 4) is 0 Å². The van der Waals surface area contributed by atoms with E-state index in [0.29, 0.717) is 6.42 Å². The summed E-state index contributed by atoms with van der Waals surface area (Å²) < 4.78 is 7.09. The zero-order valence-corrected chi connectivity index (χ0v) is 11.5. The number of hydrazone groups is 1. The Kier molecular flexibility index (Phi) is 4.55. The Balaban J connectivity index is 1.84. The number of aryl methyl sites for hydroxylation is 1. The number of nitrogens with zero attached hydrogens (tertiary/aromatic N) is 2. The molecule has 0 fully saturated rings. The smallest absolute Gasteiger partial charge is 0.245 e. The van der Waals surface area contributed by atoms with Crippen molar-refractivity contribution in [2.24, 2.45) is 12.1 Å². The summed E-state index contributed by atoms with van der Waals surface area (Å²) in [5.41, 5.74) is 4.34. The molecule has 2 heterocycles. The second kappa shape index (κ2) is 6.56. The van der Waals surface area contributed by atoms with Crippen LogP contribution in [0.3, 0.4) is 0 Å². The van der Waals surface area contributed by atoms with Gasteiger partial charge >= 0.3 is 0 Å². The second-order valence-electron chi connectivity index (χ2n) is 4.48. The van der Waals surface area contributed by atoms with Gasteiger partial charge in [0.15, 0.2) is 0 Å². The number of carbonyl (C=O) groups excluding carboxylic acids is 1. The van der Waals surface area contributed by atoms with E-state index < -0.39 is 0 Å². The molecule has 20 heavy (non-hydrogen) atoms. The summed E-state index contributed by atoms with van der Waals surface area (Å²) in [6, 6.07) is 7.48. The lowest BCUT2D eigenvalue weighted by Crippen LogP contribution is -2.20. The molecule has 0 unspecified atom stereocenters. The van der Waals surface area contributed by atoms with Crippen LogP contribution in [0.2, 0.25) is 0 Å². The maximum Gasteiger partial charge on any atom is 0.245 e. The van der Waals surface area contributed by atoms with Crippen molar-refractivity contribution in [3.63, 3.8) is 0 Å². The van der Waals surface area contributed by atoms with Crippen LogP contribution >= 0.6 is 0 Å². The van der Waals surface area contributed by atoms with Crippen LogP contribution in [0.1, 0.15) is 18.4 Å². The maximum atomic E-state index is 11.7. The average molecular weight is 271 g/mol. The van der Waals surface area contributed by atoms with E-state index in [-0.39, 0.29) is 5.91 Å². The predicted molar refractivity (Wildman–Crippen MR) is 78.1 cm³/mol. The summed E-state index contributed by atoms with van der Waals surface area (Å²) >= 11 is 0. The first-order chi connectivity index (χ1) is 9.65. The number of allylic oxidation sites excluding steroid dienone is 1. The molecule has 0 spiro atoms. The number of nitrogens with one attached hydrogen (secondary N) is 1. The quantitative estimate of drug-likeness (QED) is 0.670. The van der Waals surface area contributed by atoms with Crippen LogP contribution in [0, 0.1) is 0 Å². The summed E-state index contributed by atoms with van der Waals surface area (Å²) in [6.07, 6.45) is 7.25. The summed E-state index contributed by atoms with van der Waals surface area (Å²) in [5.74, 6) is 0.609.